The summed E-state index contributed by atoms with van der Waals surface area (Å²) >= 11 is 0. The van der Waals surface area contributed by atoms with Crippen LogP contribution in [0.3, 0.4) is 0 Å². The number of hydrogen-bond donors (Lipinski definition) is 0. The summed E-state index contributed by atoms with van der Waals surface area (Å²) in [6, 6.07) is 6.15. The quantitative estimate of drug-likeness (QED) is 0.707. The number of aromatic nitrogens is 3. The second-order valence-corrected chi connectivity index (χ2v) is 3.99. The lowest BCUT2D eigenvalue weighted by molar-refractivity contribution is 0.109. The van der Waals surface area contributed by atoms with Gasteiger partial charge >= 0.3 is 0 Å². The van der Waals surface area contributed by atoms with Crippen LogP contribution < -0.4 is 5.01 Å². The van der Waals surface area contributed by atoms with Crippen molar-refractivity contribution in [3.63, 3.8) is 0 Å². The number of morpholine rings is 1. The van der Waals surface area contributed by atoms with E-state index in [1.54, 1.807) is 0 Å². The van der Waals surface area contributed by atoms with E-state index in [9.17, 15) is 0 Å². The number of fused-ring (bicyclic) bond motifs is 1. The lowest BCUT2D eigenvalue weighted by Crippen LogP contribution is -2.44. The number of aryl methyl sites for hydroxylation is 1. The molecule has 1 aromatic carbocycles. The van der Waals surface area contributed by atoms with Crippen LogP contribution in [-0.2, 0) is 4.74 Å². The molecule has 5 nitrogen and oxygen atoms in total. The van der Waals surface area contributed by atoms with Crippen molar-refractivity contribution >= 4 is 11.0 Å². The highest BCUT2D eigenvalue weighted by atomic mass is 16.5. The van der Waals surface area contributed by atoms with Crippen molar-refractivity contribution in [3.05, 3.63) is 23.8 Å². The van der Waals surface area contributed by atoms with Crippen LogP contribution in [-0.4, -0.2) is 41.4 Å². The topological polar surface area (TPSA) is 43.2 Å². The minimum atomic E-state index is 0.757. The van der Waals surface area contributed by atoms with E-state index in [1.165, 1.54) is 0 Å². The Kier molecular flexibility index (Phi) is 2.25. The van der Waals surface area contributed by atoms with Crippen molar-refractivity contribution in [1.82, 2.24) is 15.1 Å². The van der Waals surface area contributed by atoms with E-state index in [0.29, 0.717) is 0 Å². The molecule has 1 aliphatic heterocycles. The fourth-order valence-corrected chi connectivity index (χ4v) is 2.02. The fraction of sp³-hybridized carbons (Fsp3) is 0.455. The highest BCUT2D eigenvalue weighted by Crippen LogP contribution is 2.15. The molecule has 0 N–H and O–H groups in total. The normalized spacial score (nSPS) is 16.9. The van der Waals surface area contributed by atoms with Gasteiger partial charge in [-0.25, -0.2) is 0 Å². The van der Waals surface area contributed by atoms with Crippen LogP contribution >= 0.6 is 0 Å². The van der Waals surface area contributed by atoms with E-state index in [4.69, 9.17) is 4.74 Å². The van der Waals surface area contributed by atoms with E-state index in [2.05, 4.69) is 34.4 Å². The Balaban J connectivity index is 2.06. The van der Waals surface area contributed by atoms with Crippen LogP contribution in [0.5, 0.6) is 0 Å². The second kappa shape index (κ2) is 3.75. The fourth-order valence-electron chi connectivity index (χ4n) is 2.02. The predicted octanol–water partition coefficient (Wildman–Crippen LogP) is 0.708. The standard InChI is InChI=1S/C11H14N4O/c1-9-3-2-4-10-11(9)12-13-15(10)14-5-7-16-8-6-14/h2-4H,5-8H2,1H3. The number of ether oxygens (including phenoxy) is 1. The molecule has 1 aliphatic rings. The summed E-state index contributed by atoms with van der Waals surface area (Å²) in [5.41, 5.74) is 3.22. The molecular weight excluding hydrogens is 204 g/mol. The summed E-state index contributed by atoms with van der Waals surface area (Å²) in [5.74, 6) is 0. The molecule has 0 aliphatic carbocycles. The Bertz CT molecular complexity index is 502. The Morgan fingerprint density at radius 1 is 1.25 bits per heavy atom. The van der Waals surface area contributed by atoms with Gasteiger partial charge in [-0.05, 0) is 23.8 Å². The number of nitrogens with zero attached hydrogens (tertiary/aromatic N) is 4. The third-order valence-corrected chi connectivity index (χ3v) is 2.92. The molecule has 0 amide bonds. The van der Waals surface area contributed by atoms with Gasteiger partial charge < -0.3 is 4.74 Å². The number of hydrogen-bond acceptors (Lipinski definition) is 4. The van der Waals surface area contributed by atoms with Crippen molar-refractivity contribution in [2.45, 2.75) is 6.92 Å². The minimum absolute atomic E-state index is 0.757. The van der Waals surface area contributed by atoms with E-state index < -0.39 is 0 Å². The molecule has 1 aromatic heterocycles. The third-order valence-electron chi connectivity index (χ3n) is 2.92. The summed E-state index contributed by atoms with van der Waals surface area (Å²) in [6.07, 6.45) is 0. The average Bonchev–Trinajstić information content (AvgIpc) is 2.75. The van der Waals surface area contributed by atoms with Crippen molar-refractivity contribution in [1.29, 1.82) is 0 Å². The van der Waals surface area contributed by atoms with Crippen molar-refractivity contribution < 1.29 is 4.74 Å². The molecule has 16 heavy (non-hydrogen) atoms. The molecule has 1 saturated heterocycles. The Morgan fingerprint density at radius 2 is 2.06 bits per heavy atom. The van der Waals surface area contributed by atoms with Gasteiger partial charge in [0.25, 0.3) is 0 Å². The van der Waals surface area contributed by atoms with Gasteiger partial charge in [0.1, 0.15) is 11.0 Å². The highest BCUT2D eigenvalue weighted by Gasteiger charge is 2.15. The summed E-state index contributed by atoms with van der Waals surface area (Å²) < 4.78 is 5.33. The molecule has 2 aromatic rings. The lowest BCUT2D eigenvalue weighted by atomic mass is 10.2. The molecule has 1 fully saturated rings. The van der Waals surface area contributed by atoms with Gasteiger partial charge in [-0.2, -0.15) is 4.79 Å². The summed E-state index contributed by atoms with van der Waals surface area (Å²) in [5, 5.41) is 10.6. The Labute approximate surface area is 93.6 Å². The second-order valence-electron chi connectivity index (χ2n) is 3.99. The van der Waals surface area contributed by atoms with Crippen LogP contribution in [0.15, 0.2) is 18.2 Å². The summed E-state index contributed by atoms with van der Waals surface area (Å²) in [6.45, 7) is 5.31. The molecule has 2 heterocycles. The molecule has 0 radical (unpaired) electrons. The molecule has 0 bridgehead atoms. The Hall–Kier alpha value is -1.62. The van der Waals surface area contributed by atoms with Crippen LogP contribution in [0.4, 0.5) is 0 Å². The first-order valence-corrected chi connectivity index (χ1v) is 5.50. The highest BCUT2D eigenvalue weighted by molar-refractivity contribution is 5.77. The zero-order valence-corrected chi connectivity index (χ0v) is 9.26. The lowest BCUT2D eigenvalue weighted by Gasteiger charge is -2.28. The van der Waals surface area contributed by atoms with Gasteiger partial charge in [-0.15, -0.1) is 5.10 Å². The van der Waals surface area contributed by atoms with Gasteiger partial charge in [-0.3, -0.25) is 5.01 Å². The Morgan fingerprint density at radius 3 is 2.88 bits per heavy atom. The van der Waals surface area contributed by atoms with Gasteiger partial charge in [0.2, 0.25) is 0 Å². The molecule has 0 saturated carbocycles. The van der Waals surface area contributed by atoms with Gasteiger partial charge in [0.05, 0.1) is 26.3 Å². The zero-order chi connectivity index (χ0) is 11.0. The van der Waals surface area contributed by atoms with Gasteiger partial charge in [0.15, 0.2) is 0 Å². The van der Waals surface area contributed by atoms with Gasteiger partial charge in [-0.1, -0.05) is 12.1 Å². The maximum atomic E-state index is 5.33. The first-order chi connectivity index (χ1) is 7.86. The first-order valence-electron chi connectivity index (χ1n) is 5.50. The predicted molar refractivity (Wildman–Crippen MR) is 61.0 cm³/mol. The zero-order valence-electron chi connectivity index (χ0n) is 9.26. The summed E-state index contributed by atoms with van der Waals surface area (Å²) in [7, 11) is 0. The van der Waals surface area contributed by atoms with Gasteiger partial charge in [0, 0.05) is 0 Å². The maximum Gasteiger partial charge on any atom is 0.118 e. The number of benzene rings is 1. The SMILES string of the molecule is Cc1cccc2c1nnn2N1CCOCC1. The molecule has 0 spiro atoms. The van der Waals surface area contributed by atoms with Crippen LogP contribution in [0.1, 0.15) is 5.56 Å². The van der Waals surface area contributed by atoms with E-state index in [1.807, 2.05) is 10.9 Å². The largest absolute Gasteiger partial charge is 0.378 e. The molecule has 3 rings (SSSR count). The first kappa shape index (κ1) is 9.59. The van der Waals surface area contributed by atoms with Crippen LogP contribution in [0.25, 0.3) is 11.0 Å². The number of rotatable bonds is 1. The van der Waals surface area contributed by atoms with E-state index in [-0.39, 0.29) is 0 Å². The molecule has 0 unspecified atom stereocenters. The molecular formula is C11H14N4O. The minimum Gasteiger partial charge on any atom is -0.378 e. The summed E-state index contributed by atoms with van der Waals surface area (Å²) in [4.78, 5) is 1.89. The van der Waals surface area contributed by atoms with Crippen molar-refractivity contribution in [2.24, 2.45) is 0 Å². The average molecular weight is 218 g/mol. The van der Waals surface area contributed by atoms with E-state index >= 15 is 0 Å². The van der Waals surface area contributed by atoms with Crippen molar-refractivity contribution in [2.75, 3.05) is 31.3 Å². The van der Waals surface area contributed by atoms with Crippen LogP contribution in [0.2, 0.25) is 0 Å². The molecule has 0 atom stereocenters. The maximum absolute atomic E-state index is 5.33. The molecule has 84 valence electrons. The third kappa shape index (κ3) is 1.44. The smallest absolute Gasteiger partial charge is 0.118 e. The monoisotopic (exact) mass is 218 g/mol. The van der Waals surface area contributed by atoms with Crippen LogP contribution in [0, 0.1) is 6.92 Å². The molecule has 5 heteroatoms. The van der Waals surface area contributed by atoms with Crippen molar-refractivity contribution in [3.8, 4) is 0 Å². The van der Waals surface area contributed by atoms with E-state index in [0.717, 1.165) is 42.9 Å².